The molecule has 2 saturated heterocycles. The maximum atomic E-state index is 14.6. The molecule has 8 rings (SSSR count). The number of para-hydroxylation sites is 1. The summed E-state index contributed by atoms with van der Waals surface area (Å²) in [5.74, 6) is -3.82. The predicted octanol–water partition coefficient (Wildman–Crippen LogP) is 6.74. The molecule has 3 fully saturated rings. The fourth-order valence-electron chi connectivity index (χ4n) is 8.59. The summed E-state index contributed by atoms with van der Waals surface area (Å²) in [6.45, 7) is 1.88. The number of carbonyl (C=O) groups excluding carboxylic acids is 4. The lowest BCUT2D eigenvalue weighted by Crippen LogP contribution is -2.49. The normalized spacial score (nSPS) is 29.1. The first-order chi connectivity index (χ1) is 21.7. The van der Waals surface area contributed by atoms with Gasteiger partial charge in [0.2, 0.25) is 23.6 Å². The van der Waals surface area contributed by atoms with E-state index < -0.39 is 35.0 Å². The molecule has 0 radical (unpaired) electrons. The fraction of sp³-hybridized carbons (Fsp3) is 0.243. The molecule has 4 amide bonds. The highest BCUT2D eigenvalue weighted by Crippen LogP contribution is 2.64. The molecular formula is C37H29BrN2O5. The second-order valence-corrected chi connectivity index (χ2v) is 13.6. The van der Waals surface area contributed by atoms with Gasteiger partial charge in [-0.25, -0.2) is 4.90 Å². The van der Waals surface area contributed by atoms with Crippen LogP contribution in [0.25, 0.3) is 10.8 Å². The van der Waals surface area contributed by atoms with Crippen LogP contribution < -0.4 is 9.80 Å². The maximum Gasteiger partial charge on any atom is 0.241 e. The molecule has 0 bridgehead atoms. The van der Waals surface area contributed by atoms with E-state index in [1.807, 2.05) is 43.3 Å². The Balaban J connectivity index is 1.31. The number of amides is 4. The lowest BCUT2D eigenvalue weighted by molar-refractivity contribution is -0.131. The van der Waals surface area contributed by atoms with Crippen molar-refractivity contribution in [2.24, 2.45) is 29.1 Å². The van der Waals surface area contributed by atoms with Gasteiger partial charge in [0.15, 0.2) is 0 Å². The second-order valence-electron chi connectivity index (χ2n) is 12.7. The zero-order chi connectivity index (χ0) is 31.2. The summed E-state index contributed by atoms with van der Waals surface area (Å²) in [5, 5.41) is 12.2. The molecule has 7 nitrogen and oxygen atoms in total. The minimum absolute atomic E-state index is 0.127. The Labute approximate surface area is 268 Å². The number of fused-ring (bicyclic) bond motifs is 5. The van der Waals surface area contributed by atoms with Gasteiger partial charge in [0, 0.05) is 15.8 Å². The van der Waals surface area contributed by atoms with E-state index in [2.05, 4.69) is 22.0 Å². The van der Waals surface area contributed by atoms with E-state index in [1.54, 1.807) is 54.6 Å². The quantitative estimate of drug-likeness (QED) is 0.194. The molecular weight excluding hydrogens is 632 g/mol. The molecule has 2 aliphatic heterocycles. The third-order valence-corrected chi connectivity index (χ3v) is 11.1. The summed E-state index contributed by atoms with van der Waals surface area (Å²) in [5.41, 5.74) is 1.62. The first kappa shape index (κ1) is 28.0. The van der Waals surface area contributed by atoms with Crippen molar-refractivity contribution in [3.8, 4) is 5.75 Å². The number of anilines is 2. The number of allylic oxidation sites excluding steroid dienone is 2. The number of hydrogen-bond donors (Lipinski definition) is 1. The predicted molar refractivity (Wildman–Crippen MR) is 173 cm³/mol. The number of nitrogens with zero attached hydrogens (tertiary/aromatic N) is 2. The van der Waals surface area contributed by atoms with E-state index in [1.165, 1.54) is 9.80 Å². The third-order valence-electron chi connectivity index (χ3n) is 10.6. The Morgan fingerprint density at radius 2 is 1.40 bits per heavy atom. The van der Waals surface area contributed by atoms with Crippen LogP contribution in [0, 0.1) is 29.1 Å². The van der Waals surface area contributed by atoms with Crippen molar-refractivity contribution < 1.29 is 24.3 Å². The topological polar surface area (TPSA) is 95.0 Å². The summed E-state index contributed by atoms with van der Waals surface area (Å²) >= 11 is 3.43. The average Bonchev–Trinajstić information content (AvgIpc) is 3.42. The van der Waals surface area contributed by atoms with Gasteiger partial charge in [0.1, 0.15) is 5.75 Å². The number of hydrogen-bond acceptors (Lipinski definition) is 5. The number of rotatable bonds is 3. The van der Waals surface area contributed by atoms with Crippen LogP contribution in [0.15, 0.2) is 107 Å². The standard InChI is InChI=1S/C37H29BrN2O5/c1-37-29(34(43)40(36(37)45)21-7-3-2-4-8-21)19-28-26(32(37)25-17-18-30(41)24-10-6-5-9-23(24)25)15-16-27-31(28)35(44)39(33(27)42)22-13-11-20(38)12-14-22/h2-15,17-18,27-29,31-32,41H,16,19H2,1H3. The Morgan fingerprint density at radius 3 is 2.13 bits per heavy atom. The maximum absolute atomic E-state index is 14.6. The molecule has 0 aromatic heterocycles. The lowest BCUT2D eigenvalue weighted by atomic mass is 9.51. The Hall–Kier alpha value is -4.56. The van der Waals surface area contributed by atoms with Gasteiger partial charge in [-0.15, -0.1) is 0 Å². The van der Waals surface area contributed by atoms with Crippen LogP contribution in [0.4, 0.5) is 11.4 Å². The van der Waals surface area contributed by atoms with Crippen molar-refractivity contribution in [3.63, 3.8) is 0 Å². The van der Waals surface area contributed by atoms with E-state index >= 15 is 0 Å². The minimum atomic E-state index is -1.15. The summed E-state index contributed by atoms with van der Waals surface area (Å²) in [6, 6.07) is 27.1. The minimum Gasteiger partial charge on any atom is -0.507 e. The van der Waals surface area contributed by atoms with Crippen LogP contribution in [0.1, 0.15) is 31.2 Å². The summed E-state index contributed by atoms with van der Waals surface area (Å²) in [7, 11) is 0. The fourth-order valence-corrected chi connectivity index (χ4v) is 8.85. The number of benzene rings is 4. The second kappa shape index (κ2) is 9.97. The zero-order valence-corrected chi connectivity index (χ0v) is 26.0. The molecule has 6 unspecified atom stereocenters. The molecule has 2 heterocycles. The highest BCUT2D eigenvalue weighted by Gasteiger charge is 2.67. The van der Waals surface area contributed by atoms with Crippen molar-refractivity contribution in [2.75, 3.05) is 9.80 Å². The third kappa shape index (κ3) is 3.81. The number of halogens is 1. The van der Waals surface area contributed by atoms with Crippen LogP contribution in [0.5, 0.6) is 5.75 Å². The van der Waals surface area contributed by atoms with Crippen LogP contribution in [0.2, 0.25) is 0 Å². The van der Waals surface area contributed by atoms with Gasteiger partial charge in [-0.1, -0.05) is 76.1 Å². The van der Waals surface area contributed by atoms with Crippen molar-refractivity contribution in [1.82, 2.24) is 0 Å². The van der Waals surface area contributed by atoms with E-state index in [9.17, 15) is 24.3 Å². The number of phenols is 1. The smallest absolute Gasteiger partial charge is 0.241 e. The Kier molecular flexibility index (Phi) is 6.20. The molecule has 0 spiro atoms. The number of phenolic OH excluding ortho intramolecular Hbond substituents is 1. The van der Waals surface area contributed by atoms with E-state index in [0.717, 1.165) is 21.0 Å². The van der Waals surface area contributed by atoms with E-state index in [4.69, 9.17) is 0 Å². The van der Waals surface area contributed by atoms with E-state index in [-0.39, 0.29) is 35.8 Å². The molecule has 6 atom stereocenters. The van der Waals surface area contributed by atoms with Gasteiger partial charge in [0.25, 0.3) is 0 Å². The van der Waals surface area contributed by atoms with Crippen molar-refractivity contribution >= 4 is 61.7 Å². The highest BCUT2D eigenvalue weighted by atomic mass is 79.9. The van der Waals surface area contributed by atoms with Gasteiger partial charge in [0.05, 0.1) is 34.5 Å². The summed E-state index contributed by atoms with van der Waals surface area (Å²) < 4.78 is 0.842. The summed E-state index contributed by atoms with van der Waals surface area (Å²) in [6.07, 6.45) is 2.71. The van der Waals surface area contributed by atoms with Crippen LogP contribution in [0.3, 0.4) is 0 Å². The van der Waals surface area contributed by atoms with Gasteiger partial charge < -0.3 is 5.11 Å². The zero-order valence-electron chi connectivity index (χ0n) is 24.4. The molecule has 1 N–H and O–H groups in total. The van der Waals surface area contributed by atoms with Crippen molar-refractivity contribution in [2.45, 2.75) is 25.7 Å². The molecule has 4 aromatic carbocycles. The molecule has 4 aliphatic rings. The highest BCUT2D eigenvalue weighted by molar-refractivity contribution is 9.10. The lowest BCUT2D eigenvalue weighted by Gasteiger charge is -2.49. The van der Waals surface area contributed by atoms with Crippen molar-refractivity contribution in [3.05, 3.63) is 113 Å². The molecule has 224 valence electrons. The first-order valence-corrected chi connectivity index (χ1v) is 16.0. The molecule has 1 saturated carbocycles. The van der Waals surface area contributed by atoms with Gasteiger partial charge >= 0.3 is 0 Å². The average molecular weight is 662 g/mol. The molecule has 45 heavy (non-hydrogen) atoms. The Bertz CT molecular complexity index is 1970. The van der Waals surface area contributed by atoms with Crippen molar-refractivity contribution in [1.29, 1.82) is 0 Å². The van der Waals surface area contributed by atoms with Gasteiger partial charge in [-0.3, -0.25) is 24.1 Å². The summed E-state index contributed by atoms with van der Waals surface area (Å²) in [4.78, 5) is 59.7. The number of imide groups is 2. The van der Waals surface area contributed by atoms with Gasteiger partial charge in [-0.05, 0) is 79.1 Å². The van der Waals surface area contributed by atoms with Crippen LogP contribution in [-0.2, 0) is 19.2 Å². The molecule has 8 heteroatoms. The largest absolute Gasteiger partial charge is 0.507 e. The monoisotopic (exact) mass is 660 g/mol. The number of carbonyl (C=O) groups is 4. The first-order valence-electron chi connectivity index (χ1n) is 15.2. The Morgan fingerprint density at radius 1 is 0.733 bits per heavy atom. The molecule has 4 aromatic rings. The van der Waals surface area contributed by atoms with Crippen LogP contribution in [-0.4, -0.2) is 28.7 Å². The SMILES string of the molecule is CC12C(=O)N(c3ccccc3)C(=O)C1CC1C(=CCC3C(=O)N(c4ccc(Br)cc4)C(=O)C31)C2c1ccc(O)c2ccccc12. The van der Waals surface area contributed by atoms with E-state index in [0.29, 0.717) is 23.2 Å². The van der Waals surface area contributed by atoms with Crippen LogP contribution >= 0.6 is 15.9 Å². The number of aromatic hydroxyl groups is 1. The van der Waals surface area contributed by atoms with Gasteiger partial charge in [-0.2, -0.15) is 0 Å². The molecule has 2 aliphatic carbocycles.